The number of aliphatic hydroxyl groups is 1. The summed E-state index contributed by atoms with van der Waals surface area (Å²) in [4.78, 5) is 0. The first kappa shape index (κ1) is 9.72. The summed E-state index contributed by atoms with van der Waals surface area (Å²) in [6.07, 6.45) is 4.20. The molecule has 0 unspecified atom stereocenters. The molecule has 0 radical (unpaired) electrons. The Kier molecular flexibility index (Phi) is 2.60. The summed E-state index contributed by atoms with van der Waals surface area (Å²) in [5, 5.41) is 10.0. The number of hydrogen-bond acceptors (Lipinski definition) is 1. The lowest BCUT2D eigenvalue weighted by atomic mass is 9.92. The summed E-state index contributed by atoms with van der Waals surface area (Å²) in [6, 6.07) is 4.30. The minimum Gasteiger partial charge on any atom is -0.388 e. The Morgan fingerprint density at radius 2 is 1.86 bits per heavy atom. The largest absolute Gasteiger partial charge is 0.388 e. The quantitative estimate of drug-likeness (QED) is 0.623. The molecule has 76 valence electrons. The lowest BCUT2D eigenvalue weighted by molar-refractivity contribution is 0.166. The Balaban J connectivity index is 2.57. The average molecular weight is 190 g/mol. The van der Waals surface area contributed by atoms with E-state index in [9.17, 15) is 5.11 Å². The predicted molar refractivity (Wildman–Crippen MR) is 58.4 cm³/mol. The van der Waals surface area contributed by atoms with E-state index in [-0.39, 0.29) is 6.10 Å². The molecule has 0 spiro atoms. The maximum atomic E-state index is 10.0. The van der Waals surface area contributed by atoms with E-state index in [2.05, 4.69) is 26.0 Å². The van der Waals surface area contributed by atoms with Crippen LogP contribution in [-0.2, 0) is 6.42 Å². The van der Waals surface area contributed by atoms with Gasteiger partial charge in [-0.2, -0.15) is 0 Å². The molecule has 0 saturated heterocycles. The van der Waals surface area contributed by atoms with Gasteiger partial charge in [0.1, 0.15) is 0 Å². The third-order valence-electron chi connectivity index (χ3n) is 3.30. The Morgan fingerprint density at radius 1 is 1.14 bits per heavy atom. The van der Waals surface area contributed by atoms with Crippen molar-refractivity contribution in [3.8, 4) is 0 Å². The Labute approximate surface area is 85.8 Å². The molecule has 0 fully saturated rings. The number of fused-ring (bicyclic) bond motifs is 1. The molecule has 1 N–H and O–H groups in total. The van der Waals surface area contributed by atoms with E-state index in [1.807, 2.05) is 0 Å². The van der Waals surface area contributed by atoms with Crippen LogP contribution in [0.25, 0.3) is 0 Å². The first-order chi connectivity index (χ1) is 6.70. The molecule has 1 aromatic rings. The summed E-state index contributed by atoms with van der Waals surface area (Å²) in [7, 11) is 0. The summed E-state index contributed by atoms with van der Waals surface area (Å²) in [6.45, 7) is 4.25. The molecular formula is C13H18O. The van der Waals surface area contributed by atoms with E-state index in [1.54, 1.807) is 0 Å². The molecule has 0 heterocycles. The molecule has 0 bridgehead atoms. The Hall–Kier alpha value is -0.820. The number of aliphatic hydroxyl groups excluding tert-OH is 1. The van der Waals surface area contributed by atoms with Crippen LogP contribution in [0.1, 0.15) is 47.6 Å². The molecule has 0 aromatic heterocycles. The highest BCUT2D eigenvalue weighted by atomic mass is 16.3. The van der Waals surface area contributed by atoms with Crippen molar-refractivity contribution in [3.05, 3.63) is 34.4 Å². The van der Waals surface area contributed by atoms with Gasteiger partial charge in [-0.1, -0.05) is 18.6 Å². The molecule has 1 nitrogen and oxygen atoms in total. The van der Waals surface area contributed by atoms with Crippen LogP contribution in [0.5, 0.6) is 0 Å². The Morgan fingerprint density at radius 3 is 2.64 bits per heavy atom. The fourth-order valence-corrected chi connectivity index (χ4v) is 2.47. The highest BCUT2D eigenvalue weighted by Gasteiger charge is 2.19. The van der Waals surface area contributed by atoms with Crippen LogP contribution < -0.4 is 0 Å². The molecular weight excluding hydrogens is 172 g/mol. The van der Waals surface area contributed by atoms with Gasteiger partial charge in [0.2, 0.25) is 0 Å². The second kappa shape index (κ2) is 3.74. The van der Waals surface area contributed by atoms with Crippen LogP contribution in [-0.4, -0.2) is 5.11 Å². The number of aryl methyl sites for hydroxylation is 2. The smallest absolute Gasteiger partial charge is 0.0795 e. The second-order valence-corrected chi connectivity index (χ2v) is 4.35. The summed E-state index contributed by atoms with van der Waals surface area (Å²) < 4.78 is 0. The third kappa shape index (κ3) is 1.57. The molecule has 1 aliphatic rings. The average Bonchev–Trinajstić information content (AvgIpc) is 2.35. The van der Waals surface area contributed by atoms with Crippen LogP contribution in [0, 0.1) is 13.8 Å². The molecule has 1 heteroatoms. The predicted octanol–water partition coefficient (Wildman–Crippen LogP) is 3.06. The highest BCUT2D eigenvalue weighted by molar-refractivity contribution is 5.42. The van der Waals surface area contributed by atoms with Gasteiger partial charge in [-0.3, -0.25) is 0 Å². The third-order valence-corrected chi connectivity index (χ3v) is 3.30. The number of hydrogen-bond donors (Lipinski definition) is 1. The topological polar surface area (TPSA) is 20.2 Å². The van der Waals surface area contributed by atoms with Crippen molar-refractivity contribution >= 4 is 0 Å². The van der Waals surface area contributed by atoms with Crippen LogP contribution in [0.15, 0.2) is 12.1 Å². The van der Waals surface area contributed by atoms with Crippen molar-refractivity contribution in [1.82, 2.24) is 0 Å². The van der Waals surface area contributed by atoms with E-state index in [4.69, 9.17) is 0 Å². The molecule has 1 aromatic carbocycles. The fourth-order valence-electron chi connectivity index (χ4n) is 2.47. The first-order valence-corrected chi connectivity index (χ1v) is 5.47. The van der Waals surface area contributed by atoms with Gasteiger partial charge in [0, 0.05) is 0 Å². The summed E-state index contributed by atoms with van der Waals surface area (Å²) in [5.41, 5.74) is 5.20. The second-order valence-electron chi connectivity index (χ2n) is 4.35. The van der Waals surface area contributed by atoms with Gasteiger partial charge >= 0.3 is 0 Å². The van der Waals surface area contributed by atoms with Gasteiger partial charge < -0.3 is 5.11 Å². The van der Waals surface area contributed by atoms with Crippen molar-refractivity contribution in [1.29, 1.82) is 0 Å². The maximum absolute atomic E-state index is 10.0. The van der Waals surface area contributed by atoms with Gasteiger partial charge in [-0.25, -0.2) is 0 Å². The molecule has 0 saturated carbocycles. The van der Waals surface area contributed by atoms with Gasteiger partial charge in [-0.15, -0.1) is 0 Å². The molecule has 2 rings (SSSR count). The van der Waals surface area contributed by atoms with E-state index in [0.29, 0.717) is 0 Å². The van der Waals surface area contributed by atoms with E-state index in [1.165, 1.54) is 28.7 Å². The lowest BCUT2D eigenvalue weighted by Gasteiger charge is -2.16. The van der Waals surface area contributed by atoms with Crippen LogP contribution in [0.2, 0.25) is 0 Å². The summed E-state index contributed by atoms with van der Waals surface area (Å²) in [5.74, 6) is 0. The first-order valence-electron chi connectivity index (χ1n) is 5.47. The molecule has 0 amide bonds. The van der Waals surface area contributed by atoms with Gasteiger partial charge in [0.25, 0.3) is 0 Å². The van der Waals surface area contributed by atoms with Gasteiger partial charge in [-0.05, 0) is 55.4 Å². The van der Waals surface area contributed by atoms with Crippen molar-refractivity contribution in [2.45, 2.75) is 45.6 Å². The van der Waals surface area contributed by atoms with Crippen molar-refractivity contribution in [2.24, 2.45) is 0 Å². The molecule has 14 heavy (non-hydrogen) atoms. The molecule has 1 atom stereocenters. The van der Waals surface area contributed by atoms with Crippen molar-refractivity contribution < 1.29 is 5.11 Å². The maximum Gasteiger partial charge on any atom is 0.0795 e. The fraction of sp³-hybridized carbons (Fsp3) is 0.538. The molecule has 1 aliphatic carbocycles. The zero-order chi connectivity index (χ0) is 10.1. The minimum atomic E-state index is -0.229. The van der Waals surface area contributed by atoms with Crippen LogP contribution in [0.3, 0.4) is 0 Å². The van der Waals surface area contributed by atoms with E-state index >= 15 is 0 Å². The van der Waals surface area contributed by atoms with E-state index in [0.717, 1.165) is 19.3 Å². The number of rotatable bonds is 0. The zero-order valence-corrected chi connectivity index (χ0v) is 9.01. The van der Waals surface area contributed by atoms with Gasteiger partial charge in [0.05, 0.1) is 6.10 Å². The SMILES string of the molecule is Cc1ccc(C)c2c1CCCC[C@H]2O. The monoisotopic (exact) mass is 190 g/mol. The van der Waals surface area contributed by atoms with Gasteiger partial charge in [0.15, 0.2) is 0 Å². The zero-order valence-electron chi connectivity index (χ0n) is 9.01. The normalized spacial score (nSPS) is 21.5. The standard InChI is InChI=1S/C13H18O/c1-9-7-8-10(2)13-11(9)5-3-4-6-12(13)14/h7-8,12,14H,3-6H2,1-2H3/t12-/m1/s1. The van der Waals surface area contributed by atoms with Crippen molar-refractivity contribution in [3.63, 3.8) is 0 Å². The van der Waals surface area contributed by atoms with Crippen molar-refractivity contribution in [2.75, 3.05) is 0 Å². The van der Waals surface area contributed by atoms with Crippen LogP contribution >= 0.6 is 0 Å². The van der Waals surface area contributed by atoms with E-state index < -0.39 is 0 Å². The van der Waals surface area contributed by atoms with Crippen LogP contribution in [0.4, 0.5) is 0 Å². The minimum absolute atomic E-state index is 0.229. The summed E-state index contributed by atoms with van der Waals surface area (Å²) >= 11 is 0. The lowest BCUT2D eigenvalue weighted by Crippen LogP contribution is -2.03. The highest BCUT2D eigenvalue weighted by Crippen LogP contribution is 2.32. The molecule has 0 aliphatic heterocycles. The number of benzene rings is 1. The Bertz CT molecular complexity index is 341.